The molecule has 2 aliphatic heterocycles. The molecule has 4 rings (SSSR count). The molecule has 0 aromatic heterocycles. The highest BCUT2D eigenvalue weighted by Crippen LogP contribution is 2.31. The highest BCUT2D eigenvalue weighted by Gasteiger charge is 2.28. The van der Waals surface area contributed by atoms with E-state index in [0.29, 0.717) is 12.0 Å². The molecule has 1 amide bonds. The van der Waals surface area contributed by atoms with E-state index in [1.54, 1.807) is 0 Å². The smallest absolute Gasteiger partial charge is 0.223 e. The second-order valence-corrected chi connectivity index (χ2v) is 8.49. The zero-order chi connectivity index (χ0) is 19.3. The Morgan fingerprint density at radius 2 is 1.79 bits per heavy atom. The van der Waals surface area contributed by atoms with Crippen LogP contribution in [-0.4, -0.2) is 43.5 Å². The van der Waals surface area contributed by atoms with E-state index in [2.05, 4.69) is 64.9 Å². The maximum absolute atomic E-state index is 12.6. The molecule has 0 bridgehead atoms. The van der Waals surface area contributed by atoms with Crippen LogP contribution in [0, 0.1) is 11.8 Å². The zero-order valence-electron chi connectivity index (χ0n) is 17.0. The molecule has 2 heterocycles. The first-order valence-corrected chi connectivity index (χ1v) is 10.9. The minimum Gasteiger partial charge on any atom is -0.356 e. The van der Waals surface area contributed by atoms with Crippen molar-refractivity contribution in [2.45, 2.75) is 38.6 Å². The predicted molar refractivity (Wildman–Crippen MR) is 115 cm³/mol. The monoisotopic (exact) mass is 379 g/mol. The molecule has 150 valence electrons. The topological polar surface area (TPSA) is 44.4 Å². The molecule has 0 aliphatic carbocycles. The predicted octanol–water partition coefficient (Wildman–Crippen LogP) is 3.73. The number of nitrogens with one attached hydrogen (secondary N) is 2. The molecular weight excluding hydrogens is 346 g/mol. The van der Waals surface area contributed by atoms with Crippen molar-refractivity contribution in [2.75, 3.05) is 32.7 Å². The van der Waals surface area contributed by atoms with E-state index in [1.807, 2.05) is 0 Å². The summed E-state index contributed by atoms with van der Waals surface area (Å²) < 4.78 is 0. The van der Waals surface area contributed by atoms with Gasteiger partial charge in [-0.05, 0) is 81.0 Å². The number of amides is 1. The van der Waals surface area contributed by atoms with E-state index in [-0.39, 0.29) is 11.8 Å². The van der Waals surface area contributed by atoms with Gasteiger partial charge in [-0.15, -0.1) is 0 Å². The van der Waals surface area contributed by atoms with Gasteiger partial charge in [0, 0.05) is 18.5 Å². The molecule has 0 saturated carbocycles. The SMILES string of the molecule is CC(c1cccc2ccccc12)N1CCC(C(=O)NCC2CCNCC2)CC1. The fourth-order valence-electron chi connectivity index (χ4n) is 4.84. The van der Waals surface area contributed by atoms with E-state index < -0.39 is 0 Å². The van der Waals surface area contributed by atoms with Crippen LogP contribution >= 0.6 is 0 Å². The average Bonchev–Trinajstić information content (AvgIpc) is 2.77. The van der Waals surface area contributed by atoms with Crippen LogP contribution in [0.5, 0.6) is 0 Å². The van der Waals surface area contributed by atoms with Crippen molar-refractivity contribution in [2.24, 2.45) is 11.8 Å². The molecule has 1 atom stereocenters. The third-order valence-electron chi connectivity index (χ3n) is 6.75. The van der Waals surface area contributed by atoms with Gasteiger partial charge in [-0.25, -0.2) is 0 Å². The Balaban J connectivity index is 1.31. The van der Waals surface area contributed by atoms with Crippen molar-refractivity contribution in [3.63, 3.8) is 0 Å². The maximum Gasteiger partial charge on any atom is 0.223 e. The van der Waals surface area contributed by atoms with Crippen molar-refractivity contribution >= 4 is 16.7 Å². The van der Waals surface area contributed by atoms with Gasteiger partial charge in [0.05, 0.1) is 0 Å². The van der Waals surface area contributed by atoms with Crippen molar-refractivity contribution in [3.05, 3.63) is 48.0 Å². The van der Waals surface area contributed by atoms with E-state index >= 15 is 0 Å². The van der Waals surface area contributed by atoms with E-state index in [9.17, 15) is 4.79 Å². The largest absolute Gasteiger partial charge is 0.356 e. The summed E-state index contributed by atoms with van der Waals surface area (Å²) in [6.45, 7) is 7.33. The Morgan fingerprint density at radius 3 is 2.57 bits per heavy atom. The molecule has 2 aromatic rings. The van der Waals surface area contributed by atoms with E-state index in [4.69, 9.17) is 0 Å². The van der Waals surface area contributed by atoms with Gasteiger partial charge in [0.25, 0.3) is 0 Å². The zero-order valence-corrected chi connectivity index (χ0v) is 17.0. The molecular formula is C24H33N3O. The first-order chi connectivity index (χ1) is 13.7. The van der Waals surface area contributed by atoms with Crippen molar-refractivity contribution < 1.29 is 4.79 Å². The third-order valence-corrected chi connectivity index (χ3v) is 6.75. The second-order valence-electron chi connectivity index (χ2n) is 8.49. The summed E-state index contributed by atoms with van der Waals surface area (Å²) in [4.78, 5) is 15.2. The van der Waals surface area contributed by atoms with Crippen LogP contribution in [-0.2, 0) is 4.79 Å². The number of benzene rings is 2. The number of rotatable bonds is 5. The summed E-state index contributed by atoms with van der Waals surface area (Å²) in [6, 6.07) is 15.6. The Bertz CT molecular complexity index is 786. The minimum absolute atomic E-state index is 0.178. The molecule has 2 N–H and O–H groups in total. The molecule has 0 radical (unpaired) electrons. The summed E-state index contributed by atoms with van der Waals surface area (Å²) in [5.41, 5.74) is 1.40. The lowest BCUT2D eigenvalue weighted by Crippen LogP contribution is -2.43. The van der Waals surface area contributed by atoms with Crippen LogP contribution in [0.2, 0.25) is 0 Å². The first kappa shape index (κ1) is 19.4. The van der Waals surface area contributed by atoms with Gasteiger partial charge in [-0.2, -0.15) is 0 Å². The van der Waals surface area contributed by atoms with Crippen molar-refractivity contribution in [1.82, 2.24) is 15.5 Å². The van der Waals surface area contributed by atoms with Gasteiger partial charge in [0.1, 0.15) is 0 Å². The van der Waals surface area contributed by atoms with Crippen molar-refractivity contribution in [3.8, 4) is 0 Å². The van der Waals surface area contributed by atoms with Gasteiger partial charge >= 0.3 is 0 Å². The van der Waals surface area contributed by atoms with Crippen LogP contribution in [0.1, 0.15) is 44.2 Å². The molecule has 4 nitrogen and oxygen atoms in total. The molecule has 2 saturated heterocycles. The normalized spacial score (nSPS) is 20.9. The van der Waals surface area contributed by atoms with Gasteiger partial charge < -0.3 is 10.6 Å². The number of piperidine rings is 2. The average molecular weight is 380 g/mol. The highest BCUT2D eigenvalue weighted by molar-refractivity contribution is 5.86. The fourth-order valence-corrected chi connectivity index (χ4v) is 4.84. The van der Waals surface area contributed by atoms with Crippen LogP contribution in [0.25, 0.3) is 10.8 Å². The molecule has 2 fully saturated rings. The van der Waals surface area contributed by atoms with Crippen molar-refractivity contribution in [1.29, 1.82) is 0 Å². The Labute approximate surface area is 168 Å². The number of fused-ring (bicyclic) bond motifs is 1. The van der Waals surface area contributed by atoms with Gasteiger partial charge in [0.2, 0.25) is 5.91 Å². The number of hydrogen-bond acceptors (Lipinski definition) is 3. The Morgan fingerprint density at radius 1 is 1.07 bits per heavy atom. The number of likely N-dealkylation sites (tertiary alicyclic amines) is 1. The quantitative estimate of drug-likeness (QED) is 0.832. The van der Waals surface area contributed by atoms with Gasteiger partial charge in [0.15, 0.2) is 0 Å². The van der Waals surface area contributed by atoms with Crippen LogP contribution in [0.15, 0.2) is 42.5 Å². The minimum atomic E-state index is 0.178. The molecule has 0 spiro atoms. The number of nitrogens with zero attached hydrogens (tertiary/aromatic N) is 1. The summed E-state index contributed by atoms with van der Waals surface area (Å²) in [5.74, 6) is 1.10. The molecule has 4 heteroatoms. The van der Waals surface area contributed by atoms with E-state index in [0.717, 1.165) is 45.6 Å². The summed E-state index contributed by atoms with van der Waals surface area (Å²) in [7, 11) is 0. The van der Waals surface area contributed by atoms with Crippen LogP contribution < -0.4 is 10.6 Å². The lowest BCUT2D eigenvalue weighted by Gasteiger charge is -2.36. The highest BCUT2D eigenvalue weighted by atomic mass is 16.1. The summed E-state index contributed by atoms with van der Waals surface area (Å²) in [6.07, 6.45) is 4.29. The number of carbonyl (C=O) groups excluding carboxylic acids is 1. The summed E-state index contributed by atoms with van der Waals surface area (Å²) >= 11 is 0. The van der Waals surface area contributed by atoms with Crippen LogP contribution in [0.4, 0.5) is 0 Å². The molecule has 2 aliphatic rings. The van der Waals surface area contributed by atoms with E-state index in [1.165, 1.54) is 29.2 Å². The fraction of sp³-hybridized carbons (Fsp3) is 0.542. The number of carbonyl (C=O) groups is 1. The number of hydrogen-bond donors (Lipinski definition) is 2. The maximum atomic E-state index is 12.6. The van der Waals surface area contributed by atoms with Gasteiger partial charge in [-0.1, -0.05) is 42.5 Å². The first-order valence-electron chi connectivity index (χ1n) is 10.9. The Kier molecular flexibility index (Phi) is 6.28. The summed E-state index contributed by atoms with van der Waals surface area (Å²) in [5, 5.41) is 9.28. The molecule has 1 unspecified atom stereocenters. The Hall–Kier alpha value is -1.91. The lowest BCUT2D eigenvalue weighted by molar-refractivity contribution is -0.126. The standard InChI is InChI=1S/C24H33N3O/c1-18(22-8-4-6-20-5-2-3-7-23(20)22)27-15-11-21(12-16-27)24(28)26-17-19-9-13-25-14-10-19/h2-8,18-19,21,25H,9-17H2,1H3,(H,26,28). The third kappa shape index (κ3) is 4.39. The molecule has 28 heavy (non-hydrogen) atoms. The van der Waals surface area contributed by atoms with Gasteiger partial charge in [-0.3, -0.25) is 9.69 Å². The lowest BCUT2D eigenvalue weighted by atomic mass is 9.92. The molecule has 2 aromatic carbocycles. The second kappa shape index (κ2) is 9.06. The van der Waals surface area contributed by atoms with Crippen LogP contribution in [0.3, 0.4) is 0 Å².